The number of anilines is 1. The van der Waals surface area contributed by atoms with Crippen molar-refractivity contribution in [3.05, 3.63) is 59.7 Å². The summed E-state index contributed by atoms with van der Waals surface area (Å²) in [7, 11) is 1.61. The summed E-state index contributed by atoms with van der Waals surface area (Å²) in [5.41, 5.74) is 2.30. The van der Waals surface area contributed by atoms with Crippen LogP contribution in [0.2, 0.25) is 0 Å². The first-order valence-electron chi connectivity index (χ1n) is 8.41. The van der Waals surface area contributed by atoms with E-state index in [0.717, 1.165) is 17.7 Å². The molecule has 2 amide bonds. The zero-order chi connectivity index (χ0) is 18.2. The maximum absolute atomic E-state index is 12.6. The largest absolute Gasteiger partial charge is 0.493 e. The van der Waals surface area contributed by atoms with Gasteiger partial charge in [0, 0.05) is 12.7 Å². The maximum atomic E-state index is 12.6. The molecule has 5 heteroatoms. The summed E-state index contributed by atoms with van der Waals surface area (Å²) in [6, 6.07) is 14.7. The van der Waals surface area contributed by atoms with Gasteiger partial charge < -0.3 is 15.0 Å². The van der Waals surface area contributed by atoms with E-state index in [-0.39, 0.29) is 18.4 Å². The molecular weight excluding hydrogens is 316 g/mol. The summed E-state index contributed by atoms with van der Waals surface area (Å²) in [6.07, 6.45) is 0.826. The molecule has 0 aromatic heterocycles. The molecule has 0 aliphatic carbocycles. The minimum Gasteiger partial charge on any atom is -0.493 e. The molecule has 0 aliphatic heterocycles. The van der Waals surface area contributed by atoms with E-state index in [4.69, 9.17) is 4.74 Å². The standard InChI is InChI=1S/C20H24N2O3/c1-4-15-10-6-8-12-17(15)21-19(23)14-22(3)20(24)16-11-7-9-13-18(16)25-5-2/h6-13H,4-5,14H2,1-3H3,(H,21,23). The SMILES string of the molecule is CCOc1ccccc1C(=O)N(C)CC(=O)Nc1ccccc1CC. The van der Waals surface area contributed by atoms with Crippen molar-refractivity contribution in [1.82, 2.24) is 4.90 Å². The Morgan fingerprint density at radius 3 is 2.44 bits per heavy atom. The fraction of sp³-hybridized carbons (Fsp3) is 0.300. The molecule has 2 aromatic rings. The molecule has 0 unspecified atom stereocenters. The van der Waals surface area contributed by atoms with Crippen molar-refractivity contribution in [2.24, 2.45) is 0 Å². The van der Waals surface area contributed by atoms with Crippen LogP contribution in [0.1, 0.15) is 29.8 Å². The highest BCUT2D eigenvalue weighted by molar-refractivity contribution is 6.00. The number of ether oxygens (including phenoxy) is 1. The van der Waals surface area contributed by atoms with Gasteiger partial charge in [0.2, 0.25) is 5.91 Å². The van der Waals surface area contributed by atoms with E-state index >= 15 is 0 Å². The molecule has 0 spiro atoms. The van der Waals surface area contributed by atoms with E-state index in [2.05, 4.69) is 5.32 Å². The molecule has 2 aromatic carbocycles. The Bertz CT molecular complexity index is 743. The molecular formula is C20H24N2O3. The fourth-order valence-electron chi connectivity index (χ4n) is 2.56. The third kappa shape index (κ3) is 4.83. The summed E-state index contributed by atoms with van der Waals surface area (Å²) in [5.74, 6) is 0.0483. The Morgan fingerprint density at radius 2 is 1.72 bits per heavy atom. The van der Waals surface area contributed by atoms with Crippen LogP contribution in [0.4, 0.5) is 5.69 Å². The molecule has 25 heavy (non-hydrogen) atoms. The molecule has 0 saturated carbocycles. The lowest BCUT2D eigenvalue weighted by molar-refractivity contribution is -0.116. The van der Waals surface area contributed by atoms with Crippen LogP contribution in [0.3, 0.4) is 0 Å². The first-order valence-corrected chi connectivity index (χ1v) is 8.41. The Hall–Kier alpha value is -2.82. The van der Waals surface area contributed by atoms with Crippen LogP contribution >= 0.6 is 0 Å². The van der Waals surface area contributed by atoms with E-state index in [1.807, 2.05) is 44.2 Å². The van der Waals surface area contributed by atoms with Gasteiger partial charge in [0.25, 0.3) is 5.91 Å². The minimum atomic E-state index is -0.247. The first-order chi connectivity index (χ1) is 12.1. The number of likely N-dealkylation sites (N-methyl/N-ethyl adjacent to an activating group) is 1. The van der Waals surface area contributed by atoms with Gasteiger partial charge in [-0.3, -0.25) is 9.59 Å². The average Bonchev–Trinajstić information content (AvgIpc) is 2.62. The summed E-state index contributed by atoms with van der Waals surface area (Å²) < 4.78 is 5.49. The monoisotopic (exact) mass is 340 g/mol. The van der Waals surface area contributed by atoms with Crippen molar-refractivity contribution in [1.29, 1.82) is 0 Å². The molecule has 2 rings (SSSR count). The van der Waals surface area contributed by atoms with E-state index in [1.165, 1.54) is 4.90 Å². The normalized spacial score (nSPS) is 10.2. The fourth-order valence-corrected chi connectivity index (χ4v) is 2.56. The summed E-state index contributed by atoms with van der Waals surface area (Å²) in [5, 5.41) is 2.87. The maximum Gasteiger partial charge on any atom is 0.257 e. The highest BCUT2D eigenvalue weighted by atomic mass is 16.5. The zero-order valence-corrected chi connectivity index (χ0v) is 14.9. The molecule has 0 fully saturated rings. The highest BCUT2D eigenvalue weighted by Gasteiger charge is 2.19. The molecule has 0 aliphatic rings. The number of hydrogen-bond donors (Lipinski definition) is 1. The van der Waals surface area contributed by atoms with Crippen molar-refractivity contribution in [2.45, 2.75) is 20.3 Å². The first kappa shape index (κ1) is 18.5. The summed E-state index contributed by atoms with van der Waals surface area (Å²) >= 11 is 0. The lowest BCUT2D eigenvalue weighted by Crippen LogP contribution is -2.35. The Balaban J connectivity index is 2.05. The van der Waals surface area contributed by atoms with E-state index < -0.39 is 0 Å². The zero-order valence-electron chi connectivity index (χ0n) is 14.9. The van der Waals surface area contributed by atoms with Gasteiger partial charge >= 0.3 is 0 Å². The van der Waals surface area contributed by atoms with Gasteiger partial charge in [0.05, 0.1) is 18.7 Å². The lowest BCUT2D eigenvalue weighted by atomic mass is 10.1. The minimum absolute atomic E-state index is 0.0304. The van der Waals surface area contributed by atoms with Crippen LogP contribution < -0.4 is 10.1 Å². The number of nitrogens with zero attached hydrogens (tertiary/aromatic N) is 1. The third-order valence-corrected chi connectivity index (χ3v) is 3.82. The van der Waals surface area contributed by atoms with Crippen LogP contribution in [0.15, 0.2) is 48.5 Å². The summed E-state index contributed by atoms with van der Waals surface area (Å²) in [4.78, 5) is 26.3. The molecule has 0 saturated heterocycles. The smallest absolute Gasteiger partial charge is 0.257 e. The number of carbonyl (C=O) groups excluding carboxylic acids is 2. The van der Waals surface area contributed by atoms with Crippen LogP contribution in [0.25, 0.3) is 0 Å². The second kappa shape index (κ2) is 8.87. The van der Waals surface area contributed by atoms with Gasteiger partial charge in [-0.15, -0.1) is 0 Å². The third-order valence-electron chi connectivity index (χ3n) is 3.82. The predicted octanol–water partition coefficient (Wildman–Crippen LogP) is 3.36. The van der Waals surface area contributed by atoms with E-state index in [0.29, 0.717) is 17.9 Å². The van der Waals surface area contributed by atoms with E-state index in [1.54, 1.807) is 25.2 Å². The number of carbonyl (C=O) groups is 2. The second-order valence-electron chi connectivity index (χ2n) is 5.65. The number of benzene rings is 2. The molecule has 132 valence electrons. The van der Waals surface area contributed by atoms with Crippen molar-refractivity contribution >= 4 is 17.5 Å². The number of aryl methyl sites for hydroxylation is 1. The Kier molecular flexibility index (Phi) is 6.57. The van der Waals surface area contributed by atoms with Crippen molar-refractivity contribution < 1.29 is 14.3 Å². The number of para-hydroxylation sites is 2. The van der Waals surface area contributed by atoms with Gasteiger partial charge in [-0.2, -0.15) is 0 Å². The van der Waals surface area contributed by atoms with Gasteiger partial charge in [0.1, 0.15) is 5.75 Å². The van der Waals surface area contributed by atoms with E-state index in [9.17, 15) is 9.59 Å². The Labute approximate surface area is 148 Å². The van der Waals surface area contributed by atoms with Crippen LogP contribution in [-0.2, 0) is 11.2 Å². The molecule has 0 bridgehead atoms. The Morgan fingerprint density at radius 1 is 1.04 bits per heavy atom. The number of nitrogens with one attached hydrogen (secondary N) is 1. The predicted molar refractivity (Wildman–Crippen MR) is 99.0 cm³/mol. The lowest BCUT2D eigenvalue weighted by Gasteiger charge is -2.19. The van der Waals surface area contributed by atoms with Gasteiger partial charge in [-0.05, 0) is 37.1 Å². The second-order valence-corrected chi connectivity index (χ2v) is 5.65. The van der Waals surface area contributed by atoms with Crippen LogP contribution in [-0.4, -0.2) is 36.9 Å². The summed E-state index contributed by atoms with van der Waals surface area (Å²) in [6.45, 7) is 4.34. The highest BCUT2D eigenvalue weighted by Crippen LogP contribution is 2.20. The van der Waals surface area contributed by atoms with Gasteiger partial charge in [0.15, 0.2) is 0 Å². The molecule has 0 atom stereocenters. The molecule has 5 nitrogen and oxygen atoms in total. The topological polar surface area (TPSA) is 58.6 Å². The average molecular weight is 340 g/mol. The number of rotatable bonds is 7. The molecule has 0 radical (unpaired) electrons. The number of amides is 2. The molecule has 0 heterocycles. The molecule has 1 N–H and O–H groups in total. The van der Waals surface area contributed by atoms with Crippen molar-refractivity contribution in [3.8, 4) is 5.75 Å². The van der Waals surface area contributed by atoms with Gasteiger partial charge in [-0.25, -0.2) is 0 Å². The van der Waals surface area contributed by atoms with Crippen LogP contribution in [0.5, 0.6) is 5.75 Å². The number of hydrogen-bond acceptors (Lipinski definition) is 3. The van der Waals surface area contributed by atoms with Crippen molar-refractivity contribution in [3.63, 3.8) is 0 Å². The van der Waals surface area contributed by atoms with Gasteiger partial charge in [-0.1, -0.05) is 37.3 Å². The van der Waals surface area contributed by atoms with Crippen molar-refractivity contribution in [2.75, 3.05) is 25.5 Å². The quantitative estimate of drug-likeness (QED) is 0.841. The van der Waals surface area contributed by atoms with Crippen LogP contribution in [0, 0.1) is 0 Å².